The van der Waals surface area contributed by atoms with E-state index in [1.54, 1.807) is 0 Å². The van der Waals surface area contributed by atoms with Crippen LogP contribution in [0.1, 0.15) is 12.8 Å². The molecule has 138 valence electrons. The summed E-state index contributed by atoms with van der Waals surface area (Å²) in [5.74, 6) is -0.457. The summed E-state index contributed by atoms with van der Waals surface area (Å²) < 4.78 is 50.3. The van der Waals surface area contributed by atoms with E-state index in [2.05, 4.69) is 15.0 Å². The molecule has 0 radical (unpaired) electrons. The number of sulfone groups is 1. The highest BCUT2D eigenvalue weighted by atomic mass is 35.5. The lowest BCUT2D eigenvalue weighted by Crippen LogP contribution is -2.69. The van der Waals surface area contributed by atoms with Gasteiger partial charge in [0, 0.05) is 12.9 Å². The average Bonchev–Trinajstić information content (AvgIpc) is 2.91. The van der Waals surface area contributed by atoms with Crippen molar-refractivity contribution in [1.82, 2.24) is 15.0 Å². The minimum atomic E-state index is -3.76. The molecule has 2 unspecified atom stereocenters. The lowest BCUT2D eigenvalue weighted by atomic mass is 9.77. The Balaban J connectivity index is 1.88. The summed E-state index contributed by atoms with van der Waals surface area (Å²) in [5, 5.41) is -0.622. The topological polar surface area (TPSA) is 94.5 Å². The van der Waals surface area contributed by atoms with Crippen molar-refractivity contribution in [1.29, 1.82) is 0 Å². The third kappa shape index (κ3) is 2.09. The molecule has 2 atom stereocenters. The minimum Gasteiger partial charge on any atom is -0.475 e. The van der Waals surface area contributed by atoms with Crippen molar-refractivity contribution in [3.63, 3.8) is 0 Å². The summed E-state index contributed by atoms with van der Waals surface area (Å²) in [7, 11) is -3.76. The first kappa shape index (κ1) is 16.4. The number of hydrogen-bond donors (Lipinski definition) is 0. The van der Waals surface area contributed by atoms with Crippen molar-refractivity contribution >= 4 is 38.2 Å². The summed E-state index contributed by atoms with van der Waals surface area (Å²) in [6, 6.07) is 0.0105. The number of hydrogen-bond acceptors (Lipinski definition) is 8. The molecular weight excluding hydrogens is 387 g/mol. The minimum absolute atomic E-state index is 0.0105. The van der Waals surface area contributed by atoms with Crippen LogP contribution in [0.3, 0.4) is 0 Å². The maximum atomic E-state index is 14.7. The molecule has 2 saturated heterocycles. The number of ether oxygens (including phenoxy) is 2. The highest BCUT2D eigenvalue weighted by Gasteiger charge is 2.56. The number of nitrogens with zero attached hydrogens (tertiary/aromatic N) is 4. The molecule has 11 heteroatoms. The van der Waals surface area contributed by atoms with Crippen LogP contribution in [0.25, 0.3) is 10.9 Å². The van der Waals surface area contributed by atoms with Gasteiger partial charge >= 0.3 is 0 Å². The molecule has 5 heterocycles. The quantitative estimate of drug-likeness (QED) is 0.523. The first-order valence-electron chi connectivity index (χ1n) is 8.07. The van der Waals surface area contributed by atoms with Crippen LogP contribution in [0.4, 0.5) is 10.2 Å². The highest BCUT2D eigenvalue weighted by molar-refractivity contribution is 7.90. The van der Waals surface area contributed by atoms with E-state index in [1.807, 2.05) is 4.90 Å². The lowest BCUT2D eigenvalue weighted by Gasteiger charge is -2.56. The predicted molar refractivity (Wildman–Crippen MR) is 90.0 cm³/mol. The van der Waals surface area contributed by atoms with E-state index in [-0.39, 0.29) is 28.4 Å². The Morgan fingerprint density at radius 2 is 2.15 bits per heavy atom. The van der Waals surface area contributed by atoms with Gasteiger partial charge < -0.3 is 14.4 Å². The van der Waals surface area contributed by atoms with E-state index in [9.17, 15) is 12.8 Å². The van der Waals surface area contributed by atoms with E-state index >= 15 is 0 Å². The van der Waals surface area contributed by atoms with Crippen molar-refractivity contribution in [3.8, 4) is 5.88 Å². The predicted octanol–water partition coefficient (Wildman–Crippen LogP) is 1.35. The molecule has 0 saturated carbocycles. The molecule has 26 heavy (non-hydrogen) atoms. The summed E-state index contributed by atoms with van der Waals surface area (Å²) in [6.07, 6.45) is 2.49. The first-order chi connectivity index (χ1) is 12.3. The van der Waals surface area contributed by atoms with Gasteiger partial charge in [-0.25, -0.2) is 22.8 Å². The number of pyridine rings is 1. The number of rotatable bonds is 1. The number of halogens is 2. The van der Waals surface area contributed by atoms with Crippen LogP contribution in [0.5, 0.6) is 5.88 Å². The van der Waals surface area contributed by atoms with Gasteiger partial charge in [-0.1, -0.05) is 11.6 Å². The van der Waals surface area contributed by atoms with Gasteiger partial charge in [0.1, 0.15) is 23.3 Å². The zero-order chi connectivity index (χ0) is 18.3. The van der Waals surface area contributed by atoms with Crippen LogP contribution in [-0.4, -0.2) is 61.0 Å². The molecule has 2 bridgehead atoms. The second kappa shape index (κ2) is 5.14. The summed E-state index contributed by atoms with van der Waals surface area (Å²) in [4.78, 5) is 14.2. The van der Waals surface area contributed by atoms with Gasteiger partial charge in [0.25, 0.3) is 0 Å². The van der Waals surface area contributed by atoms with Crippen LogP contribution in [0.15, 0.2) is 5.16 Å². The molecule has 3 aliphatic heterocycles. The van der Waals surface area contributed by atoms with Crippen molar-refractivity contribution < 1.29 is 22.3 Å². The van der Waals surface area contributed by atoms with Gasteiger partial charge in [-0.15, -0.1) is 0 Å². The van der Waals surface area contributed by atoms with Crippen LogP contribution in [0, 0.1) is 5.82 Å². The monoisotopic (exact) mass is 400 g/mol. The Labute approximate surface area is 153 Å². The van der Waals surface area contributed by atoms with Crippen molar-refractivity contribution in [2.75, 3.05) is 31.0 Å². The van der Waals surface area contributed by atoms with E-state index in [0.717, 1.165) is 12.7 Å². The fraction of sp³-hybridized carbons (Fsp3) is 0.533. The van der Waals surface area contributed by atoms with E-state index in [0.29, 0.717) is 32.1 Å². The molecule has 2 aromatic rings. The molecule has 3 aliphatic rings. The standard InChI is InChI=1S/C15H14ClFN4O4S/c1-26(22,23)14-18-10-8-12(20-14)21-7-4-15(21,2-3-24-5-7)6-25-13(8)19-11(16)9(10)17/h7H,2-6H2,1H3. The van der Waals surface area contributed by atoms with Gasteiger partial charge in [0.05, 0.1) is 18.2 Å². The summed E-state index contributed by atoms with van der Waals surface area (Å²) in [6.45, 7) is 1.35. The number of anilines is 1. The normalized spacial score (nSPS) is 27.2. The van der Waals surface area contributed by atoms with E-state index in [1.165, 1.54) is 0 Å². The molecule has 8 nitrogen and oxygen atoms in total. The Kier molecular flexibility index (Phi) is 3.24. The fourth-order valence-electron chi connectivity index (χ4n) is 4.06. The Morgan fingerprint density at radius 1 is 1.35 bits per heavy atom. The molecule has 0 aliphatic carbocycles. The third-order valence-corrected chi connectivity index (χ3v) is 6.32. The Bertz CT molecular complexity index is 1060. The molecule has 1 spiro atoms. The number of fused-ring (bicyclic) bond motifs is 3. The third-order valence-electron chi connectivity index (χ3n) is 5.22. The van der Waals surface area contributed by atoms with Crippen molar-refractivity contribution in [3.05, 3.63) is 11.0 Å². The van der Waals surface area contributed by atoms with Gasteiger partial charge in [0.2, 0.25) is 20.9 Å². The lowest BCUT2D eigenvalue weighted by molar-refractivity contribution is 0.119. The van der Waals surface area contributed by atoms with E-state index < -0.39 is 26.0 Å². The van der Waals surface area contributed by atoms with Crippen LogP contribution < -0.4 is 9.64 Å². The first-order valence-corrected chi connectivity index (χ1v) is 10.3. The zero-order valence-corrected chi connectivity index (χ0v) is 15.3. The largest absolute Gasteiger partial charge is 0.475 e. The van der Waals surface area contributed by atoms with Crippen LogP contribution in [-0.2, 0) is 14.6 Å². The van der Waals surface area contributed by atoms with Crippen molar-refractivity contribution in [2.24, 2.45) is 0 Å². The molecule has 2 aromatic heterocycles. The van der Waals surface area contributed by atoms with Gasteiger partial charge in [-0.2, -0.15) is 4.98 Å². The van der Waals surface area contributed by atoms with Gasteiger partial charge in [0.15, 0.2) is 11.0 Å². The van der Waals surface area contributed by atoms with Gasteiger partial charge in [-0.3, -0.25) is 0 Å². The molecular formula is C15H14ClFN4O4S. The van der Waals surface area contributed by atoms with Crippen molar-refractivity contribution in [2.45, 2.75) is 29.6 Å². The van der Waals surface area contributed by atoms with Crippen LogP contribution >= 0.6 is 11.6 Å². The SMILES string of the molecule is CS(=O)(=O)c1nc2c3c(nc(Cl)c(F)c3n1)OCC13CCOCC(C1)N23. The van der Waals surface area contributed by atoms with E-state index in [4.69, 9.17) is 21.1 Å². The molecule has 2 fully saturated rings. The van der Waals surface area contributed by atoms with Crippen LogP contribution in [0.2, 0.25) is 5.15 Å². The molecule has 0 aromatic carbocycles. The maximum absolute atomic E-state index is 14.7. The second-order valence-electron chi connectivity index (χ2n) is 6.91. The maximum Gasteiger partial charge on any atom is 0.249 e. The molecule has 0 N–H and O–H groups in total. The fourth-order valence-corrected chi connectivity index (χ4v) is 4.74. The highest BCUT2D eigenvalue weighted by Crippen LogP contribution is 2.50. The molecule has 0 amide bonds. The second-order valence-corrected chi connectivity index (χ2v) is 9.18. The smallest absolute Gasteiger partial charge is 0.249 e. The summed E-state index contributed by atoms with van der Waals surface area (Å²) >= 11 is 5.88. The van der Waals surface area contributed by atoms with Gasteiger partial charge in [-0.05, 0) is 12.8 Å². The number of aromatic nitrogens is 3. The average molecular weight is 401 g/mol. The Hall–Kier alpha value is -1.78. The Morgan fingerprint density at radius 3 is 2.92 bits per heavy atom. The zero-order valence-electron chi connectivity index (χ0n) is 13.7. The summed E-state index contributed by atoms with van der Waals surface area (Å²) in [5.41, 5.74) is -0.590. The molecule has 5 rings (SSSR count).